The summed E-state index contributed by atoms with van der Waals surface area (Å²) >= 11 is 0. The van der Waals surface area contributed by atoms with E-state index in [2.05, 4.69) is 68.4 Å². The number of aliphatic hydroxyl groups excluding tert-OH is 1. The molecule has 0 aromatic heterocycles. The van der Waals surface area contributed by atoms with Crippen LogP contribution in [0.3, 0.4) is 0 Å². The second-order valence-electron chi connectivity index (χ2n) is 20.8. The number of allylic oxidation sites excluding steroid dienone is 1. The quantitative estimate of drug-likeness (QED) is 0.106. The van der Waals surface area contributed by atoms with Crippen molar-refractivity contribution in [2.75, 3.05) is 0 Å². The monoisotopic (exact) mass is 681 g/mol. The number of hydrogen-bond donors (Lipinski definition) is 1. The van der Waals surface area contributed by atoms with Gasteiger partial charge in [-0.2, -0.15) is 0 Å². The van der Waals surface area contributed by atoms with Gasteiger partial charge in [-0.1, -0.05) is 151 Å². The zero-order valence-corrected chi connectivity index (χ0v) is 34.0. The lowest BCUT2D eigenvalue weighted by Crippen LogP contribution is -2.67. The lowest BCUT2D eigenvalue weighted by Gasteiger charge is -2.72. The number of unbranched alkanes of at least 4 members (excludes halogenated alkanes) is 12. The van der Waals surface area contributed by atoms with Gasteiger partial charge in [-0.15, -0.1) is 0 Å². The maximum Gasteiger partial charge on any atom is 0.306 e. The molecule has 5 rings (SSSR count). The molecule has 282 valence electrons. The average molecular weight is 681 g/mol. The minimum atomic E-state index is -0.390. The Kier molecular flexibility index (Phi) is 12.3. The van der Waals surface area contributed by atoms with Gasteiger partial charge < -0.3 is 9.84 Å². The van der Waals surface area contributed by atoms with Crippen molar-refractivity contribution in [2.45, 2.75) is 222 Å². The Hall–Kier alpha value is -0.830. The smallest absolute Gasteiger partial charge is 0.306 e. The van der Waals surface area contributed by atoms with Crippen molar-refractivity contribution < 1.29 is 14.6 Å². The van der Waals surface area contributed by atoms with Gasteiger partial charge in [0.05, 0.1) is 6.10 Å². The molecular weight excluding hydrogens is 601 g/mol. The van der Waals surface area contributed by atoms with Crippen LogP contribution in [-0.4, -0.2) is 23.3 Å². The zero-order chi connectivity index (χ0) is 35.7. The summed E-state index contributed by atoms with van der Waals surface area (Å²) in [5.41, 5.74) is 2.54. The van der Waals surface area contributed by atoms with Gasteiger partial charge in [0, 0.05) is 17.8 Å². The zero-order valence-electron chi connectivity index (χ0n) is 34.0. The average Bonchev–Trinajstić information content (AvgIpc) is 3.02. The first kappa shape index (κ1) is 39.4. The van der Waals surface area contributed by atoms with Gasteiger partial charge in [-0.25, -0.2) is 0 Å². The first-order valence-electron chi connectivity index (χ1n) is 21.6. The Morgan fingerprint density at radius 1 is 0.735 bits per heavy atom. The molecule has 5 aliphatic rings. The van der Waals surface area contributed by atoms with E-state index < -0.39 is 6.10 Å². The van der Waals surface area contributed by atoms with E-state index in [-0.39, 0.29) is 39.7 Å². The fourth-order valence-electron chi connectivity index (χ4n) is 13.3. The number of aliphatic hydroxyl groups is 1. The summed E-state index contributed by atoms with van der Waals surface area (Å²) in [5.74, 6) is 1.30. The summed E-state index contributed by atoms with van der Waals surface area (Å²) < 4.78 is 6.38. The highest BCUT2D eigenvalue weighted by atomic mass is 16.5. The summed E-state index contributed by atoms with van der Waals surface area (Å²) in [7, 11) is 0. The summed E-state index contributed by atoms with van der Waals surface area (Å²) in [5, 5.41) is 12.3. The second-order valence-corrected chi connectivity index (χ2v) is 20.8. The van der Waals surface area contributed by atoms with Crippen molar-refractivity contribution in [3.05, 3.63) is 11.6 Å². The molecule has 5 aliphatic carbocycles. The molecule has 0 aromatic rings. The van der Waals surface area contributed by atoms with E-state index >= 15 is 0 Å². The molecule has 4 fully saturated rings. The number of hydrogen-bond acceptors (Lipinski definition) is 3. The lowest BCUT2D eigenvalue weighted by molar-refractivity contribution is -0.230. The van der Waals surface area contributed by atoms with E-state index in [1.807, 2.05) is 0 Å². The highest BCUT2D eigenvalue weighted by Gasteiger charge is 2.70. The first-order valence-corrected chi connectivity index (χ1v) is 21.6. The van der Waals surface area contributed by atoms with E-state index in [1.165, 1.54) is 116 Å². The molecule has 4 saturated carbocycles. The van der Waals surface area contributed by atoms with Crippen LogP contribution in [0, 0.1) is 50.2 Å². The molecule has 49 heavy (non-hydrogen) atoms. The molecule has 3 nitrogen and oxygen atoms in total. The highest BCUT2D eigenvalue weighted by Crippen LogP contribution is 2.75. The van der Waals surface area contributed by atoms with Crippen molar-refractivity contribution in [2.24, 2.45) is 50.2 Å². The molecule has 0 spiro atoms. The van der Waals surface area contributed by atoms with Crippen LogP contribution in [0.1, 0.15) is 210 Å². The summed E-state index contributed by atoms with van der Waals surface area (Å²) in [6.07, 6.45) is 30.5. The number of fused-ring (bicyclic) bond motifs is 7. The van der Waals surface area contributed by atoms with Crippen LogP contribution in [0.15, 0.2) is 11.6 Å². The molecule has 1 N–H and O–H groups in total. The maximum absolute atomic E-state index is 13.2. The van der Waals surface area contributed by atoms with Crippen LogP contribution in [0.25, 0.3) is 0 Å². The first-order chi connectivity index (χ1) is 23.0. The number of rotatable bonds is 15. The van der Waals surface area contributed by atoms with E-state index in [0.717, 1.165) is 25.7 Å². The molecule has 0 radical (unpaired) electrons. The predicted octanol–water partition coefficient (Wildman–Crippen LogP) is 13.2. The Balaban J connectivity index is 1.15. The van der Waals surface area contributed by atoms with Crippen molar-refractivity contribution in [1.82, 2.24) is 0 Å². The van der Waals surface area contributed by atoms with Gasteiger partial charge in [0.25, 0.3) is 0 Å². The fraction of sp³-hybridized carbons (Fsp3) is 0.935. The van der Waals surface area contributed by atoms with E-state index in [1.54, 1.807) is 5.57 Å². The molecule has 9 unspecified atom stereocenters. The Morgan fingerprint density at radius 2 is 1.31 bits per heavy atom. The number of carbonyl (C=O) groups is 1. The third kappa shape index (κ3) is 7.65. The number of ether oxygens (including phenoxy) is 1. The Morgan fingerprint density at radius 3 is 1.92 bits per heavy atom. The molecule has 0 bridgehead atoms. The SMILES string of the molecule is CCCCCCCCCCCCCCCC(=O)OC1CCC2(C)C(CCC3(C)C2C(O)C=C2C4CC(C)(C)CCC4(C)CCC23C)C1(C)C. The van der Waals surface area contributed by atoms with Crippen LogP contribution >= 0.6 is 0 Å². The molecule has 3 heteroatoms. The highest BCUT2D eigenvalue weighted by molar-refractivity contribution is 5.69. The van der Waals surface area contributed by atoms with Crippen molar-refractivity contribution in [3.63, 3.8) is 0 Å². The molecule has 0 amide bonds. The third-order valence-electron chi connectivity index (χ3n) is 16.7. The van der Waals surface area contributed by atoms with Crippen molar-refractivity contribution in [1.29, 1.82) is 0 Å². The minimum Gasteiger partial charge on any atom is -0.462 e. The van der Waals surface area contributed by atoms with E-state index in [9.17, 15) is 9.90 Å². The second kappa shape index (κ2) is 15.3. The van der Waals surface area contributed by atoms with E-state index in [4.69, 9.17) is 4.74 Å². The maximum atomic E-state index is 13.2. The lowest BCUT2D eigenvalue weighted by atomic mass is 9.33. The van der Waals surface area contributed by atoms with E-state index in [0.29, 0.717) is 29.1 Å². The molecule has 0 aliphatic heterocycles. The standard InChI is InChI=1S/C46H80O3/c1-10-11-12-13-14-15-16-17-18-19-20-21-22-23-39(48)49-38-25-26-44(7)37(42(38,4)5)24-27-46(9)40(44)36(47)32-34-35-33-41(2,3)28-29-43(35,6)30-31-45(34,46)8/h32,35-38,40,47H,10-31,33H2,1-9H3. The molecule has 0 aromatic carbocycles. The number of carbonyl (C=O) groups excluding carboxylic acids is 1. The predicted molar refractivity (Wildman–Crippen MR) is 206 cm³/mol. The van der Waals surface area contributed by atoms with Gasteiger partial charge in [0.15, 0.2) is 0 Å². The van der Waals surface area contributed by atoms with Gasteiger partial charge in [0.2, 0.25) is 0 Å². The molecule has 0 heterocycles. The summed E-state index contributed by atoms with van der Waals surface area (Å²) in [4.78, 5) is 13.2. The van der Waals surface area contributed by atoms with Gasteiger partial charge in [-0.3, -0.25) is 4.79 Å². The van der Waals surface area contributed by atoms with Gasteiger partial charge in [-0.05, 0) is 103 Å². The fourth-order valence-corrected chi connectivity index (χ4v) is 13.3. The Labute approximate surface area is 304 Å². The molecule has 0 saturated heterocycles. The van der Waals surface area contributed by atoms with Crippen LogP contribution in [-0.2, 0) is 9.53 Å². The topological polar surface area (TPSA) is 46.5 Å². The largest absolute Gasteiger partial charge is 0.462 e. The van der Waals surface area contributed by atoms with Crippen LogP contribution in [0.5, 0.6) is 0 Å². The van der Waals surface area contributed by atoms with Crippen molar-refractivity contribution >= 4 is 5.97 Å². The van der Waals surface area contributed by atoms with Crippen LogP contribution < -0.4 is 0 Å². The summed E-state index contributed by atoms with van der Waals surface area (Å²) in [6.45, 7) is 22.3. The normalized spacial score (nSPS) is 40.7. The van der Waals surface area contributed by atoms with Crippen LogP contribution in [0.4, 0.5) is 0 Å². The van der Waals surface area contributed by atoms with Gasteiger partial charge >= 0.3 is 5.97 Å². The third-order valence-corrected chi connectivity index (χ3v) is 16.7. The molecule has 9 atom stereocenters. The Bertz CT molecular complexity index is 1150. The van der Waals surface area contributed by atoms with Crippen LogP contribution in [0.2, 0.25) is 0 Å². The van der Waals surface area contributed by atoms with Gasteiger partial charge in [0.1, 0.15) is 6.10 Å². The minimum absolute atomic E-state index is 0.0175. The van der Waals surface area contributed by atoms with Crippen molar-refractivity contribution in [3.8, 4) is 0 Å². The number of esters is 1. The molecular formula is C46H80O3. The summed E-state index contributed by atoms with van der Waals surface area (Å²) in [6, 6.07) is 0.